The molecule has 6 heteroatoms. The topological polar surface area (TPSA) is 23.6 Å². The van der Waals surface area contributed by atoms with Crippen molar-refractivity contribution in [1.29, 1.82) is 0 Å². The van der Waals surface area contributed by atoms with Gasteiger partial charge in [-0.3, -0.25) is 9.69 Å². The summed E-state index contributed by atoms with van der Waals surface area (Å²) in [6, 6.07) is 3.43. The molecule has 1 aliphatic heterocycles. The van der Waals surface area contributed by atoms with Crippen LogP contribution in [0.5, 0.6) is 0 Å². The largest absolute Gasteiger partial charge is 0.339 e. The van der Waals surface area contributed by atoms with Crippen molar-refractivity contribution >= 4 is 17.7 Å². The highest BCUT2D eigenvalue weighted by Crippen LogP contribution is 2.22. The minimum Gasteiger partial charge on any atom is -0.339 e. The normalized spacial score (nSPS) is 16.3. The van der Waals surface area contributed by atoms with E-state index >= 15 is 0 Å². The molecule has 1 heterocycles. The van der Waals surface area contributed by atoms with E-state index in [0.29, 0.717) is 10.8 Å². The molecule has 0 N–H and O–H groups in total. The van der Waals surface area contributed by atoms with Gasteiger partial charge in [0.25, 0.3) is 0 Å². The number of nitrogens with zero attached hydrogens (tertiary/aromatic N) is 2. The van der Waals surface area contributed by atoms with E-state index in [1.165, 1.54) is 12.1 Å². The molecule has 2 rings (SSSR count). The Morgan fingerprint density at radius 3 is 2.50 bits per heavy atom. The molecular weight excluding hydrogens is 306 g/mol. The molecule has 3 nitrogen and oxygen atoms in total. The maximum Gasteiger partial charge on any atom is 0.233 e. The van der Waals surface area contributed by atoms with Crippen LogP contribution >= 0.6 is 11.8 Å². The number of carbonyl (C=O) groups is 1. The SMILES string of the molecule is CC(C)CN1CCN(C(=O)CSc2ccc(F)cc2F)CC1. The molecule has 0 aliphatic carbocycles. The van der Waals surface area contributed by atoms with Gasteiger partial charge in [0.05, 0.1) is 5.75 Å². The molecule has 1 saturated heterocycles. The molecule has 0 spiro atoms. The van der Waals surface area contributed by atoms with Crippen molar-refractivity contribution in [2.75, 3.05) is 38.5 Å². The number of hydrogen-bond donors (Lipinski definition) is 0. The number of halogens is 2. The van der Waals surface area contributed by atoms with Crippen molar-refractivity contribution in [2.45, 2.75) is 18.7 Å². The lowest BCUT2D eigenvalue weighted by molar-refractivity contribution is -0.130. The maximum absolute atomic E-state index is 13.5. The number of hydrogen-bond acceptors (Lipinski definition) is 3. The van der Waals surface area contributed by atoms with E-state index in [1.54, 1.807) is 0 Å². The predicted molar refractivity (Wildman–Crippen MR) is 84.9 cm³/mol. The Morgan fingerprint density at radius 2 is 1.91 bits per heavy atom. The highest BCUT2D eigenvalue weighted by molar-refractivity contribution is 8.00. The van der Waals surface area contributed by atoms with Crippen LogP contribution in [0.1, 0.15) is 13.8 Å². The molecule has 0 unspecified atom stereocenters. The summed E-state index contributed by atoms with van der Waals surface area (Å²) in [6.45, 7) is 8.64. The van der Waals surface area contributed by atoms with Crippen LogP contribution in [-0.4, -0.2) is 54.2 Å². The molecule has 1 fully saturated rings. The second kappa shape index (κ2) is 7.92. The Balaban J connectivity index is 1.79. The predicted octanol–water partition coefficient (Wildman–Crippen LogP) is 2.86. The van der Waals surface area contributed by atoms with Gasteiger partial charge in [0.1, 0.15) is 11.6 Å². The fraction of sp³-hybridized carbons (Fsp3) is 0.562. The van der Waals surface area contributed by atoms with Crippen LogP contribution < -0.4 is 0 Å². The molecule has 0 saturated carbocycles. The molecule has 22 heavy (non-hydrogen) atoms. The standard InChI is InChI=1S/C16H22F2N2OS/c1-12(2)10-19-5-7-20(8-6-19)16(21)11-22-15-4-3-13(17)9-14(15)18/h3-4,9,12H,5-8,10-11H2,1-2H3. The van der Waals surface area contributed by atoms with Crippen molar-refractivity contribution < 1.29 is 13.6 Å². The molecule has 0 atom stereocenters. The van der Waals surface area contributed by atoms with E-state index in [-0.39, 0.29) is 11.7 Å². The van der Waals surface area contributed by atoms with E-state index in [9.17, 15) is 13.6 Å². The van der Waals surface area contributed by atoms with Crippen LogP contribution in [0.15, 0.2) is 23.1 Å². The number of carbonyl (C=O) groups excluding carboxylic acids is 1. The molecule has 0 bridgehead atoms. The molecular formula is C16H22F2N2OS. The Kier molecular flexibility index (Phi) is 6.20. The summed E-state index contributed by atoms with van der Waals surface area (Å²) in [5.74, 6) is -0.390. The smallest absolute Gasteiger partial charge is 0.233 e. The van der Waals surface area contributed by atoms with Crippen LogP contribution in [0, 0.1) is 17.6 Å². The number of piperazine rings is 1. The lowest BCUT2D eigenvalue weighted by Gasteiger charge is -2.35. The third-order valence-corrected chi connectivity index (χ3v) is 4.63. The van der Waals surface area contributed by atoms with Gasteiger partial charge in [-0.1, -0.05) is 13.8 Å². The van der Waals surface area contributed by atoms with Crippen molar-refractivity contribution in [3.8, 4) is 0 Å². The molecule has 1 aromatic rings. The van der Waals surface area contributed by atoms with E-state index in [0.717, 1.165) is 50.6 Å². The Labute approximate surface area is 134 Å². The third kappa shape index (κ3) is 4.95. The fourth-order valence-electron chi connectivity index (χ4n) is 2.52. The second-order valence-electron chi connectivity index (χ2n) is 5.94. The zero-order chi connectivity index (χ0) is 16.1. The first-order valence-electron chi connectivity index (χ1n) is 7.53. The van der Waals surface area contributed by atoms with Gasteiger partial charge in [-0.2, -0.15) is 0 Å². The van der Waals surface area contributed by atoms with E-state index < -0.39 is 11.6 Å². The number of thioether (sulfide) groups is 1. The Hall–Kier alpha value is -1.14. The van der Waals surface area contributed by atoms with Gasteiger partial charge in [0.15, 0.2) is 0 Å². The first kappa shape index (κ1) is 17.2. The number of rotatable bonds is 5. The molecule has 122 valence electrons. The zero-order valence-corrected chi connectivity index (χ0v) is 13.8. The molecule has 0 aromatic heterocycles. The maximum atomic E-state index is 13.5. The van der Waals surface area contributed by atoms with Gasteiger partial charge in [-0.05, 0) is 18.1 Å². The van der Waals surface area contributed by atoms with Gasteiger partial charge in [0.2, 0.25) is 5.91 Å². The molecule has 1 aromatic carbocycles. The van der Waals surface area contributed by atoms with E-state index in [1.807, 2.05) is 4.90 Å². The third-order valence-electron chi connectivity index (χ3n) is 3.59. The van der Waals surface area contributed by atoms with Crippen LogP contribution in [0.25, 0.3) is 0 Å². The quantitative estimate of drug-likeness (QED) is 0.777. The van der Waals surface area contributed by atoms with E-state index in [2.05, 4.69) is 18.7 Å². The van der Waals surface area contributed by atoms with Crippen molar-refractivity contribution in [3.63, 3.8) is 0 Å². The van der Waals surface area contributed by atoms with Crippen LogP contribution in [0.2, 0.25) is 0 Å². The summed E-state index contributed by atoms with van der Waals surface area (Å²) in [7, 11) is 0. The van der Waals surface area contributed by atoms with Crippen molar-refractivity contribution in [2.24, 2.45) is 5.92 Å². The van der Waals surface area contributed by atoms with Crippen LogP contribution in [0.4, 0.5) is 8.78 Å². The van der Waals surface area contributed by atoms with Crippen molar-refractivity contribution in [1.82, 2.24) is 9.80 Å². The Bertz CT molecular complexity index is 517. The summed E-state index contributed by atoms with van der Waals surface area (Å²) < 4.78 is 26.4. The average Bonchev–Trinajstić information content (AvgIpc) is 2.46. The number of benzene rings is 1. The van der Waals surface area contributed by atoms with Crippen LogP contribution in [0.3, 0.4) is 0 Å². The monoisotopic (exact) mass is 328 g/mol. The molecule has 0 radical (unpaired) electrons. The summed E-state index contributed by atoms with van der Waals surface area (Å²) in [4.78, 5) is 16.7. The zero-order valence-electron chi connectivity index (χ0n) is 13.0. The second-order valence-corrected chi connectivity index (χ2v) is 6.96. The first-order chi connectivity index (χ1) is 10.5. The molecule has 1 aliphatic rings. The summed E-state index contributed by atoms with van der Waals surface area (Å²) in [5.41, 5.74) is 0. The van der Waals surface area contributed by atoms with Gasteiger partial charge in [-0.25, -0.2) is 8.78 Å². The summed E-state index contributed by atoms with van der Waals surface area (Å²) in [6.07, 6.45) is 0. The lowest BCUT2D eigenvalue weighted by atomic mass is 10.2. The summed E-state index contributed by atoms with van der Waals surface area (Å²) >= 11 is 1.12. The van der Waals surface area contributed by atoms with Gasteiger partial charge in [0, 0.05) is 43.7 Å². The van der Waals surface area contributed by atoms with Crippen LogP contribution in [-0.2, 0) is 4.79 Å². The van der Waals surface area contributed by atoms with Crippen molar-refractivity contribution in [3.05, 3.63) is 29.8 Å². The Morgan fingerprint density at radius 1 is 1.23 bits per heavy atom. The first-order valence-corrected chi connectivity index (χ1v) is 8.52. The number of amides is 1. The highest BCUT2D eigenvalue weighted by Gasteiger charge is 2.21. The minimum absolute atomic E-state index is 0.0120. The average molecular weight is 328 g/mol. The highest BCUT2D eigenvalue weighted by atomic mass is 32.2. The summed E-state index contributed by atoms with van der Waals surface area (Å²) in [5, 5.41) is 0. The lowest BCUT2D eigenvalue weighted by Crippen LogP contribution is -2.50. The van der Waals surface area contributed by atoms with Gasteiger partial charge >= 0.3 is 0 Å². The molecule has 1 amide bonds. The minimum atomic E-state index is -0.612. The van der Waals surface area contributed by atoms with E-state index in [4.69, 9.17) is 0 Å². The fourth-order valence-corrected chi connectivity index (χ4v) is 3.34. The van der Waals surface area contributed by atoms with Gasteiger partial charge in [-0.15, -0.1) is 11.8 Å². The van der Waals surface area contributed by atoms with Gasteiger partial charge < -0.3 is 4.90 Å².